The van der Waals surface area contributed by atoms with E-state index in [0.717, 1.165) is 11.1 Å². The van der Waals surface area contributed by atoms with Crippen molar-refractivity contribution in [2.75, 3.05) is 27.6 Å². The van der Waals surface area contributed by atoms with Crippen molar-refractivity contribution in [1.82, 2.24) is 0 Å². The highest BCUT2D eigenvalue weighted by Gasteiger charge is 2.31. The molecule has 1 fully saturated rings. The van der Waals surface area contributed by atoms with E-state index in [2.05, 4.69) is 0 Å². The third kappa shape index (κ3) is 4.90. The van der Waals surface area contributed by atoms with Gasteiger partial charge in [-0.2, -0.15) is 0 Å². The summed E-state index contributed by atoms with van der Waals surface area (Å²) in [4.78, 5) is 22.6. The number of benzene rings is 2. The molecule has 0 aliphatic carbocycles. The average molecular weight is 416 g/mol. The fourth-order valence-corrected chi connectivity index (χ4v) is 3.35. The molecule has 0 aromatic heterocycles. The first kappa shape index (κ1) is 21.6. The Morgan fingerprint density at radius 3 is 1.90 bits per heavy atom. The lowest BCUT2D eigenvalue weighted by molar-refractivity contribution is -0.153. The Morgan fingerprint density at radius 2 is 1.37 bits per heavy atom. The van der Waals surface area contributed by atoms with Crippen LogP contribution in [-0.2, 0) is 19.1 Å². The highest BCUT2D eigenvalue weighted by atomic mass is 16.7. The zero-order chi connectivity index (χ0) is 21.7. The van der Waals surface area contributed by atoms with Gasteiger partial charge in [-0.25, -0.2) is 0 Å². The molecule has 1 aliphatic rings. The van der Waals surface area contributed by atoms with Crippen LogP contribution < -0.4 is 18.9 Å². The maximum Gasteiger partial charge on any atom is 0.308 e. The average Bonchev–Trinajstić information content (AvgIpc) is 2.73. The van der Waals surface area contributed by atoms with Gasteiger partial charge in [0.15, 0.2) is 23.0 Å². The van der Waals surface area contributed by atoms with Crippen LogP contribution in [0.25, 0.3) is 0 Å². The largest absolute Gasteiger partial charge is 0.493 e. The molecule has 3 rings (SSSR count). The zero-order valence-corrected chi connectivity index (χ0v) is 17.3. The van der Waals surface area contributed by atoms with Gasteiger partial charge >= 0.3 is 11.9 Å². The summed E-state index contributed by atoms with van der Waals surface area (Å²) >= 11 is 0. The number of rotatable bonds is 6. The second kappa shape index (κ2) is 9.60. The summed E-state index contributed by atoms with van der Waals surface area (Å²) in [5.74, 6) is 0.544. The quantitative estimate of drug-likeness (QED) is 0.523. The minimum Gasteiger partial charge on any atom is -0.493 e. The van der Waals surface area contributed by atoms with E-state index < -0.39 is 11.9 Å². The van der Waals surface area contributed by atoms with E-state index in [1.807, 2.05) is 12.1 Å². The van der Waals surface area contributed by atoms with Crippen molar-refractivity contribution in [2.45, 2.75) is 25.9 Å². The Kier molecular flexibility index (Phi) is 6.91. The second-order valence-electron chi connectivity index (χ2n) is 6.69. The molecule has 30 heavy (non-hydrogen) atoms. The van der Waals surface area contributed by atoms with E-state index in [4.69, 9.17) is 28.4 Å². The van der Waals surface area contributed by atoms with Gasteiger partial charge < -0.3 is 28.4 Å². The molecule has 160 valence electrons. The fraction of sp³-hybridized carbons (Fsp3) is 0.364. The third-order valence-electron chi connectivity index (χ3n) is 4.63. The Labute approximate surface area is 174 Å². The molecule has 1 saturated heterocycles. The van der Waals surface area contributed by atoms with Gasteiger partial charge in [0.1, 0.15) is 6.79 Å². The predicted octanol–water partition coefficient (Wildman–Crippen LogP) is 3.38. The highest BCUT2D eigenvalue weighted by molar-refractivity contribution is 5.71. The molecule has 0 saturated carbocycles. The van der Waals surface area contributed by atoms with Crippen LogP contribution in [0.1, 0.15) is 37.0 Å². The van der Waals surface area contributed by atoms with Gasteiger partial charge in [0.25, 0.3) is 0 Å². The molecule has 2 atom stereocenters. The van der Waals surface area contributed by atoms with E-state index in [9.17, 15) is 9.59 Å². The summed E-state index contributed by atoms with van der Waals surface area (Å²) in [6.45, 7) is 3.24. The molecule has 0 N–H and O–H groups in total. The monoisotopic (exact) mass is 416 g/mol. The van der Waals surface area contributed by atoms with Gasteiger partial charge in [-0.05, 0) is 35.4 Å². The number of esters is 2. The van der Waals surface area contributed by atoms with E-state index in [-0.39, 0.29) is 18.8 Å². The SMILES string of the molecule is COc1cc(C2COCOC2c2ccc(OC(C)=O)c(OC)c2)ccc1OC(C)=O. The minimum atomic E-state index is -0.429. The lowest BCUT2D eigenvalue weighted by Crippen LogP contribution is -2.26. The van der Waals surface area contributed by atoms with E-state index in [1.54, 1.807) is 24.3 Å². The van der Waals surface area contributed by atoms with Crippen molar-refractivity contribution in [3.05, 3.63) is 47.5 Å². The molecule has 0 radical (unpaired) electrons. The number of ether oxygens (including phenoxy) is 6. The smallest absolute Gasteiger partial charge is 0.308 e. The molecule has 2 unspecified atom stereocenters. The normalized spacial score (nSPS) is 18.4. The summed E-state index contributed by atoms with van der Waals surface area (Å²) in [5.41, 5.74) is 1.74. The van der Waals surface area contributed by atoms with Gasteiger partial charge in [0.05, 0.1) is 26.9 Å². The van der Waals surface area contributed by atoms with E-state index in [0.29, 0.717) is 29.6 Å². The van der Waals surface area contributed by atoms with Gasteiger partial charge in [-0.15, -0.1) is 0 Å². The molecule has 2 aromatic carbocycles. The van der Waals surface area contributed by atoms with Crippen LogP contribution in [0, 0.1) is 0 Å². The van der Waals surface area contributed by atoms with Crippen LogP contribution in [0.2, 0.25) is 0 Å². The summed E-state index contributed by atoms with van der Waals surface area (Å²) < 4.78 is 32.6. The summed E-state index contributed by atoms with van der Waals surface area (Å²) in [6.07, 6.45) is -0.330. The van der Waals surface area contributed by atoms with Crippen LogP contribution >= 0.6 is 0 Å². The van der Waals surface area contributed by atoms with Gasteiger partial charge in [-0.3, -0.25) is 9.59 Å². The first-order valence-electron chi connectivity index (χ1n) is 9.35. The summed E-state index contributed by atoms with van der Waals surface area (Å²) in [6, 6.07) is 10.6. The second-order valence-corrected chi connectivity index (χ2v) is 6.69. The standard InChI is InChI=1S/C22H24O8/c1-13(23)29-18-7-5-15(9-20(18)25-3)17-11-27-12-28-22(17)16-6-8-19(30-14(2)24)21(10-16)26-4/h5-10,17,22H,11-12H2,1-4H3. The first-order valence-corrected chi connectivity index (χ1v) is 9.35. The van der Waals surface area contributed by atoms with Crippen molar-refractivity contribution in [1.29, 1.82) is 0 Å². The fourth-order valence-electron chi connectivity index (χ4n) is 3.35. The Balaban J connectivity index is 1.93. The van der Waals surface area contributed by atoms with Gasteiger partial charge in [-0.1, -0.05) is 12.1 Å². The van der Waals surface area contributed by atoms with Crippen LogP contribution in [0.5, 0.6) is 23.0 Å². The van der Waals surface area contributed by atoms with Gasteiger partial charge in [0, 0.05) is 19.8 Å². The first-order chi connectivity index (χ1) is 14.4. The topological polar surface area (TPSA) is 89.5 Å². The summed E-state index contributed by atoms with van der Waals surface area (Å²) in [7, 11) is 3.02. The van der Waals surface area contributed by atoms with Crippen LogP contribution in [0.3, 0.4) is 0 Å². The predicted molar refractivity (Wildman–Crippen MR) is 106 cm³/mol. The number of hydrogen-bond donors (Lipinski definition) is 0. The minimum absolute atomic E-state index is 0.150. The van der Waals surface area contributed by atoms with Crippen molar-refractivity contribution < 1.29 is 38.0 Å². The lowest BCUT2D eigenvalue weighted by atomic mass is 9.88. The molecule has 8 nitrogen and oxygen atoms in total. The molecule has 0 bridgehead atoms. The Bertz CT molecular complexity index is 848. The number of hydrogen-bond acceptors (Lipinski definition) is 8. The number of carbonyl (C=O) groups excluding carboxylic acids is 2. The van der Waals surface area contributed by atoms with E-state index >= 15 is 0 Å². The van der Waals surface area contributed by atoms with Crippen molar-refractivity contribution in [2.24, 2.45) is 0 Å². The van der Waals surface area contributed by atoms with E-state index in [1.165, 1.54) is 28.1 Å². The van der Waals surface area contributed by atoms with Crippen molar-refractivity contribution in [3.8, 4) is 23.0 Å². The molecular weight excluding hydrogens is 392 g/mol. The highest BCUT2D eigenvalue weighted by Crippen LogP contribution is 2.42. The molecule has 2 aromatic rings. The Hall–Kier alpha value is -3.10. The molecular formula is C22H24O8. The number of methoxy groups -OCH3 is 2. The molecule has 0 spiro atoms. The molecule has 1 heterocycles. The Morgan fingerprint density at radius 1 is 0.833 bits per heavy atom. The van der Waals surface area contributed by atoms with Crippen molar-refractivity contribution in [3.63, 3.8) is 0 Å². The van der Waals surface area contributed by atoms with Crippen LogP contribution in [-0.4, -0.2) is 39.6 Å². The molecule has 1 aliphatic heterocycles. The van der Waals surface area contributed by atoms with Crippen LogP contribution in [0.4, 0.5) is 0 Å². The van der Waals surface area contributed by atoms with Crippen LogP contribution in [0.15, 0.2) is 36.4 Å². The zero-order valence-electron chi connectivity index (χ0n) is 17.3. The lowest BCUT2D eigenvalue weighted by Gasteiger charge is -2.32. The maximum absolute atomic E-state index is 11.3. The third-order valence-corrected chi connectivity index (χ3v) is 4.63. The molecule has 0 amide bonds. The van der Waals surface area contributed by atoms with Crippen molar-refractivity contribution >= 4 is 11.9 Å². The van der Waals surface area contributed by atoms with Gasteiger partial charge in [0.2, 0.25) is 0 Å². The molecule has 8 heteroatoms. The summed E-state index contributed by atoms with van der Waals surface area (Å²) in [5, 5.41) is 0. The number of carbonyl (C=O) groups is 2. The maximum atomic E-state index is 11.3.